The molecule has 1 N–H and O–H groups in total. The van der Waals surface area contributed by atoms with Crippen LogP contribution in [0, 0.1) is 0 Å². The van der Waals surface area contributed by atoms with Crippen LogP contribution in [0.5, 0.6) is 0 Å². The van der Waals surface area contributed by atoms with Gasteiger partial charge in [-0.15, -0.1) is 0 Å². The molecule has 1 saturated heterocycles. The first-order valence-corrected chi connectivity index (χ1v) is 11.2. The van der Waals surface area contributed by atoms with Gasteiger partial charge < -0.3 is 10.0 Å². The Morgan fingerprint density at radius 1 is 1.12 bits per heavy atom. The van der Waals surface area contributed by atoms with Crippen molar-refractivity contribution in [1.82, 2.24) is 14.5 Å². The van der Waals surface area contributed by atoms with Gasteiger partial charge in [-0.25, -0.2) is 4.98 Å². The number of nitrogens with zero attached hydrogens (tertiary/aromatic N) is 4. The van der Waals surface area contributed by atoms with E-state index in [9.17, 15) is 14.7 Å². The fraction of sp³-hybridized carbons (Fsp3) is 0.375. The first-order chi connectivity index (χ1) is 15.3. The van der Waals surface area contributed by atoms with E-state index in [0.717, 1.165) is 38.3 Å². The third kappa shape index (κ3) is 4.64. The smallest absolute Gasteiger partial charge is 0.323 e. The number of anilines is 1. The molecule has 0 aliphatic carbocycles. The van der Waals surface area contributed by atoms with E-state index in [2.05, 4.69) is 28.6 Å². The molecule has 168 valence electrons. The third-order valence-electron chi connectivity index (χ3n) is 5.94. The first-order valence-electron chi connectivity index (χ1n) is 10.8. The molecule has 2 aromatic carbocycles. The lowest BCUT2D eigenvalue weighted by Crippen LogP contribution is -2.35. The Labute approximate surface area is 191 Å². The zero-order valence-corrected chi connectivity index (χ0v) is 19.0. The van der Waals surface area contributed by atoms with Crippen molar-refractivity contribution >= 4 is 34.2 Å². The SMILES string of the molecule is CC(C)N1CCCN(c2ccc3nc(-c4cccc(Cl)c4)n(CC(=O)O)c(=O)c3c2)CC1. The van der Waals surface area contributed by atoms with Crippen molar-refractivity contribution in [3.63, 3.8) is 0 Å². The summed E-state index contributed by atoms with van der Waals surface area (Å²) in [4.78, 5) is 34.3. The van der Waals surface area contributed by atoms with Crippen LogP contribution in [-0.4, -0.2) is 57.7 Å². The molecule has 0 bridgehead atoms. The third-order valence-corrected chi connectivity index (χ3v) is 6.17. The summed E-state index contributed by atoms with van der Waals surface area (Å²) in [6.07, 6.45) is 1.05. The summed E-state index contributed by atoms with van der Waals surface area (Å²) in [6.45, 7) is 7.75. The molecule has 0 atom stereocenters. The number of benzene rings is 2. The van der Waals surface area contributed by atoms with Gasteiger partial charge in [-0.2, -0.15) is 0 Å². The quantitative estimate of drug-likeness (QED) is 0.633. The van der Waals surface area contributed by atoms with Gasteiger partial charge in [0.05, 0.1) is 10.9 Å². The lowest BCUT2D eigenvalue weighted by Gasteiger charge is -2.26. The zero-order chi connectivity index (χ0) is 22.8. The maximum atomic E-state index is 13.4. The molecule has 0 saturated carbocycles. The molecule has 1 aliphatic rings. The monoisotopic (exact) mass is 454 g/mol. The predicted molar refractivity (Wildman–Crippen MR) is 128 cm³/mol. The van der Waals surface area contributed by atoms with Gasteiger partial charge in [0.25, 0.3) is 5.56 Å². The lowest BCUT2D eigenvalue weighted by atomic mass is 10.1. The molecule has 0 spiro atoms. The van der Waals surface area contributed by atoms with Crippen molar-refractivity contribution in [1.29, 1.82) is 0 Å². The number of carbonyl (C=O) groups is 1. The van der Waals surface area contributed by atoms with Crippen LogP contribution in [-0.2, 0) is 11.3 Å². The number of carboxylic acid groups (broad SMARTS) is 1. The van der Waals surface area contributed by atoms with Crippen molar-refractivity contribution in [2.24, 2.45) is 0 Å². The van der Waals surface area contributed by atoms with Gasteiger partial charge in [0, 0.05) is 48.5 Å². The molecule has 32 heavy (non-hydrogen) atoms. The van der Waals surface area contributed by atoms with Crippen LogP contribution in [0.25, 0.3) is 22.3 Å². The second-order valence-corrected chi connectivity index (χ2v) is 8.84. The number of rotatable bonds is 5. The van der Waals surface area contributed by atoms with E-state index >= 15 is 0 Å². The Kier molecular flexibility index (Phi) is 6.48. The van der Waals surface area contributed by atoms with Crippen molar-refractivity contribution in [3.05, 3.63) is 57.8 Å². The zero-order valence-electron chi connectivity index (χ0n) is 18.3. The molecule has 8 heteroatoms. The standard InChI is InChI=1S/C24H27ClN4O3/c1-16(2)27-9-4-10-28(12-11-27)19-7-8-21-20(14-19)24(32)29(15-22(30)31)23(26-21)17-5-3-6-18(25)13-17/h3,5-8,13-14,16H,4,9-12,15H2,1-2H3,(H,30,31). The van der Waals surface area contributed by atoms with Gasteiger partial charge in [0.2, 0.25) is 0 Å². The molecule has 1 aromatic heterocycles. The summed E-state index contributed by atoms with van der Waals surface area (Å²) in [6, 6.07) is 13.1. The summed E-state index contributed by atoms with van der Waals surface area (Å²) < 4.78 is 1.21. The van der Waals surface area contributed by atoms with Crippen LogP contribution >= 0.6 is 11.6 Å². The fourth-order valence-electron chi connectivity index (χ4n) is 4.25. The number of carboxylic acids is 1. The Bertz CT molecular complexity index is 1210. The summed E-state index contributed by atoms with van der Waals surface area (Å²) in [5.74, 6) is -0.809. The topological polar surface area (TPSA) is 78.7 Å². The second kappa shape index (κ2) is 9.30. The second-order valence-electron chi connectivity index (χ2n) is 8.40. The van der Waals surface area contributed by atoms with Crippen molar-refractivity contribution in [2.75, 3.05) is 31.1 Å². The van der Waals surface area contributed by atoms with Gasteiger partial charge in [0.1, 0.15) is 12.4 Å². The van der Waals surface area contributed by atoms with Crippen LogP contribution in [0.3, 0.4) is 0 Å². The van der Waals surface area contributed by atoms with Crippen molar-refractivity contribution in [3.8, 4) is 11.4 Å². The number of hydrogen-bond acceptors (Lipinski definition) is 5. The molecular weight excluding hydrogens is 428 g/mol. The summed E-state index contributed by atoms with van der Waals surface area (Å²) in [5, 5.41) is 10.3. The Morgan fingerprint density at radius 2 is 1.94 bits per heavy atom. The summed E-state index contributed by atoms with van der Waals surface area (Å²) >= 11 is 6.12. The highest BCUT2D eigenvalue weighted by molar-refractivity contribution is 6.30. The minimum Gasteiger partial charge on any atom is -0.480 e. The van der Waals surface area contributed by atoms with E-state index in [1.165, 1.54) is 4.57 Å². The van der Waals surface area contributed by atoms with Crippen molar-refractivity contribution < 1.29 is 9.90 Å². The highest BCUT2D eigenvalue weighted by Crippen LogP contribution is 2.25. The fourth-order valence-corrected chi connectivity index (χ4v) is 4.44. The number of aromatic nitrogens is 2. The molecule has 1 aliphatic heterocycles. The van der Waals surface area contributed by atoms with Gasteiger partial charge in [-0.05, 0) is 50.6 Å². The average molecular weight is 455 g/mol. The van der Waals surface area contributed by atoms with Crippen LogP contribution in [0.2, 0.25) is 5.02 Å². The maximum Gasteiger partial charge on any atom is 0.323 e. The molecule has 0 radical (unpaired) electrons. The molecule has 2 heterocycles. The van der Waals surface area contributed by atoms with Gasteiger partial charge in [0.15, 0.2) is 0 Å². The molecule has 3 aromatic rings. The lowest BCUT2D eigenvalue weighted by molar-refractivity contribution is -0.137. The van der Waals surface area contributed by atoms with Crippen LogP contribution in [0.1, 0.15) is 20.3 Å². The minimum absolute atomic E-state index is 0.294. The van der Waals surface area contributed by atoms with Gasteiger partial charge >= 0.3 is 5.97 Å². The predicted octanol–water partition coefficient (Wildman–Crippen LogP) is 3.72. The van der Waals surface area contributed by atoms with Crippen LogP contribution < -0.4 is 10.5 Å². The average Bonchev–Trinajstić information content (AvgIpc) is 3.02. The normalized spacial score (nSPS) is 15.3. The van der Waals surface area contributed by atoms with E-state index in [1.807, 2.05) is 18.2 Å². The number of fused-ring (bicyclic) bond motifs is 1. The van der Waals surface area contributed by atoms with E-state index in [1.54, 1.807) is 24.3 Å². The molecular formula is C24H27ClN4O3. The molecule has 1 fully saturated rings. The number of halogens is 1. The highest BCUT2D eigenvalue weighted by atomic mass is 35.5. The van der Waals surface area contributed by atoms with Crippen LogP contribution in [0.15, 0.2) is 47.3 Å². The molecule has 7 nitrogen and oxygen atoms in total. The van der Waals surface area contributed by atoms with Crippen molar-refractivity contribution in [2.45, 2.75) is 32.9 Å². The Morgan fingerprint density at radius 3 is 2.66 bits per heavy atom. The first kappa shape index (κ1) is 22.3. The van der Waals surface area contributed by atoms with Crippen LogP contribution in [0.4, 0.5) is 5.69 Å². The number of aliphatic carboxylic acids is 1. The summed E-state index contributed by atoms with van der Waals surface area (Å²) in [7, 11) is 0. The highest BCUT2D eigenvalue weighted by Gasteiger charge is 2.19. The van der Waals surface area contributed by atoms with Gasteiger partial charge in [-0.1, -0.05) is 23.7 Å². The largest absolute Gasteiger partial charge is 0.480 e. The van der Waals surface area contributed by atoms with E-state index < -0.39 is 12.5 Å². The Balaban J connectivity index is 1.78. The van der Waals surface area contributed by atoms with E-state index in [0.29, 0.717) is 33.4 Å². The van der Waals surface area contributed by atoms with Gasteiger partial charge in [-0.3, -0.25) is 19.1 Å². The number of hydrogen-bond donors (Lipinski definition) is 1. The summed E-state index contributed by atoms with van der Waals surface area (Å²) in [5.41, 5.74) is 1.73. The van der Waals surface area contributed by atoms with E-state index in [4.69, 9.17) is 11.6 Å². The Hall–Kier alpha value is -2.90. The minimum atomic E-state index is -1.10. The molecule has 4 rings (SSSR count). The molecule has 0 unspecified atom stereocenters. The molecule has 0 amide bonds. The van der Waals surface area contributed by atoms with E-state index in [-0.39, 0.29) is 5.56 Å². The maximum absolute atomic E-state index is 13.4.